The predicted molar refractivity (Wildman–Crippen MR) is 110 cm³/mol. The summed E-state index contributed by atoms with van der Waals surface area (Å²) in [7, 11) is 0. The zero-order valence-electron chi connectivity index (χ0n) is 15.8. The number of nitrogens with one attached hydrogen (secondary N) is 3. The van der Waals surface area contributed by atoms with Crippen molar-refractivity contribution in [2.24, 2.45) is 0 Å². The van der Waals surface area contributed by atoms with Crippen LogP contribution in [0.15, 0.2) is 48.5 Å². The summed E-state index contributed by atoms with van der Waals surface area (Å²) in [6.45, 7) is 2.83. The predicted octanol–water partition coefficient (Wildman–Crippen LogP) is 4.27. The second-order valence-corrected chi connectivity index (χ2v) is 7.56. The molecule has 27 heavy (non-hydrogen) atoms. The third kappa shape index (κ3) is 4.16. The maximum absolute atomic E-state index is 12.2. The van der Waals surface area contributed by atoms with Crippen LogP contribution >= 0.6 is 0 Å². The first kappa shape index (κ1) is 17.7. The summed E-state index contributed by atoms with van der Waals surface area (Å²) < 4.78 is 0. The lowest BCUT2D eigenvalue weighted by Gasteiger charge is -2.23. The molecule has 4 rings (SSSR count). The molecule has 3 N–H and O–H groups in total. The van der Waals surface area contributed by atoms with Gasteiger partial charge in [0.05, 0.1) is 0 Å². The Morgan fingerprint density at radius 2 is 2.04 bits per heavy atom. The van der Waals surface area contributed by atoms with Crippen LogP contribution in [0.5, 0.6) is 0 Å². The van der Waals surface area contributed by atoms with E-state index in [0.717, 1.165) is 32.1 Å². The quantitative estimate of drug-likeness (QED) is 0.584. The van der Waals surface area contributed by atoms with E-state index in [1.807, 2.05) is 6.07 Å². The number of carbonyl (C=O) groups excluding carboxylic acids is 1. The number of H-pyrrole nitrogens is 1. The van der Waals surface area contributed by atoms with Gasteiger partial charge in [-0.25, -0.2) is 4.79 Å². The highest BCUT2D eigenvalue weighted by atomic mass is 16.2. The van der Waals surface area contributed by atoms with E-state index in [9.17, 15) is 4.79 Å². The summed E-state index contributed by atoms with van der Waals surface area (Å²) in [4.78, 5) is 15.8. The van der Waals surface area contributed by atoms with Gasteiger partial charge in [-0.15, -0.1) is 0 Å². The van der Waals surface area contributed by atoms with Gasteiger partial charge in [-0.05, 0) is 55.9 Å². The SMILES string of the molecule is Cc1ccc2[nH]c3c(c2c1)CCC(NC(=O)NCCCc1ccccc1)C3. The molecule has 0 saturated heterocycles. The number of amides is 2. The Kier molecular flexibility index (Phi) is 5.14. The van der Waals surface area contributed by atoms with E-state index < -0.39 is 0 Å². The molecular formula is C23H27N3O. The smallest absolute Gasteiger partial charge is 0.315 e. The van der Waals surface area contributed by atoms with Crippen molar-refractivity contribution >= 4 is 16.9 Å². The zero-order valence-corrected chi connectivity index (χ0v) is 15.8. The third-order valence-corrected chi connectivity index (χ3v) is 5.45. The molecular weight excluding hydrogens is 334 g/mol. The topological polar surface area (TPSA) is 56.9 Å². The largest absolute Gasteiger partial charge is 0.358 e. The minimum Gasteiger partial charge on any atom is -0.358 e. The maximum atomic E-state index is 12.2. The molecule has 140 valence electrons. The van der Waals surface area contributed by atoms with E-state index >= 15 is 0 Å². The van der Waals surface area contributed by atoms with E-state index in [-0.39, 0.29) is 12.1 Å². The summed E-state index contributed by atoms with van der Waals surface area (Å²) in [6, 6.07) is 17.1. The van der Waals surface area contributed by atoms with E-state index in [2.05, 4.69) is 65.0 Å². The second-order valence-electron chi connectivity index (χ2n) is 7.56. The van der Waals surface area contributed by atoms with Crippen molar-refractivity contribution in [3.63, 3.8) is 0 Å². The molecule has 2 amide bonds. The molecule has 0 fully saturated rings. The first-order valence-corrected chi connectivity index (χ1v) is 9.87. The Morgan fingerprint density at radius 1 is 1.19 bits per heavy atom. The molecule has 1 aliphatic rings. The molecule has 0 spiro atoms. The summed E-state index contributed by atoms with van der Waals surface area (Å²) in [5.74, 6) is 0. The number of aromatic amines is 1. The van der Waals surface area contributed by atoms with Gasteiger partial charge in [0.1, 0.15) is 0 Å². The maximum Gasteiger partial charge on any atom is 0.315 e. The average molecular weight is 361 g/mol. The second kappa shape index (κ2) is 7.87. The highest BCUT2D eigenvalue weighted by molar-refractivity contribution is 5.85. The average Bonchev–Trinajstić information content (AvgIpc) is 3.03. The van der Waals surface area contributed by atoms with Gasteiger partial charge < -0.3 is 15.6 Å². The van der Waals surface area contributed by atoms with Gasteiger partial charge in [-0.2, -0.15) is 0 Å². The van der Waals surface area contributed by atoms with Gasteiger partial charge in [-0.3, -0.25) is 0 Å². The molecule has 4 nitrogen and oxygen atoms in total. The van der Waals surface area contributed by atoms with Crippen LogP contribution in [0, 0.1) is 6.92 Å². The minimum absolute atomic E-state index is 0.0523. The fourth-order valence-electron chi connectivity index (χ4n) is 4.04. The van der Waals surface area contributed by atoms with Gasteiger partial charge in [0.25, 0.3) is 0 Å². The molecule has 0 bridgehead atoms. The van der Waals surface area contributed by atoms with E-state index in [1.165, 1.54) is 33.3 Å². The van der Waals surface area contributed by atoms with Gasteiger partial charge in [-0.1, -0.05) is 42.0 Å². The Hall–Kier alpha value is -2.75. The van der Waals surface area contributed by atoms with Crippen molar-refractivity contribution in [1.82, 2.24) is 15.6 Å². The van der Waals surface area contributed by atoms with Crippen LogP contribution in [-0.4, -0.2) is 23.6 Å². The normalized spacial score (nSPS) is 16.1. The molecule has 0 aliphatic heterocycles. The van der Waals surface area contributed by atoms with Crippen LogP contribution in [0.4, 0.5) is 4.79 Å². The number of hydrogen-bond acceptors (Lipinski definition) is 1. The molecule has 1 unspecified atom stereocenters. The lowest BCUT2D eigenvalue weighted by Crippen LogP contribution is -2.44. The number of hydrogen-bond donors (Lipinski definition) is 3. The number of fused-ring (bicyclic) bond motifs is 3. The highest BCUT2D eigenvalue weighted by Crippen LogP contribution is 2.29. The lowest BCUT2D eigenvalue weighted by atomic mass is 9.91. The number of urea groups is 1. The Labute approximate surface area is 160 Å². The number of benzene rings is 2. The molecule has 1 aromatic heterocycles. The molecule has 3 aromatic rings. The fraction of sp³-hybridized carbons (Fsp3) is 0.348. The molecule has 1 atom stereocenters. The van der Waals surface area contributed by atoms with Gasteiger partial charge in [0.2, 0.25) is 0 Å². The van der Waals surface area contributed by atoms with Crippen LogP contribution in [0.25, 0.3) is 10.9 Å². The summed E-state index contributed by atoms with van der Waals surface area (Å²) in [6.07, 6.45) is 4.82. The van der Waals surface area contributed by atoms with Crippen LogP contribution in [-0.2, 0) is 19.3 Å². The highest BCUT2D eigenvalue weighted by Gasteiger charge is 2.23. The summed E-state index contributed by atoms with van der Waals surface area (Å²) >= 11 is 0. The third-order valence-electron chi connectivity index (χ3n) is 5.45. The molecule has 4 heteroatoms. The monoisotopic (exact) mass is 361 g/mol. The Balaban J connectivity index is 1.27. The van der Waals surface area contributed by atoms with Crippen molar-refractivity contribution in [3.05, 3.63) is 70.9 Å². The van der Waals surface area contributed by atoms with Crippen LogP contribution in [0.2, 0.25) is 0 Å². The number of aromatic nitrogens is 1. The van der Waals surface area contributed by atoms with Crippen LogP contribution in [0.1, 0.15) is 35.2 Å². The fourth-order valence-corrected chi connectivity index (χ4v) is 4.04. The van der Waals surface area contributed by atoms with Gasteiger partial charge in [0, 0.05) is 35.6 Å². The van der Waals surface area contributed by atoms with Crippen molar-refractivity contribution in [3.8, 4) is 0 Å². The molecule has 1 aliphatic carbocycles. The number of rotatable bonds is 5. The van der Waals surface area contributed by atoms with Crippen molar-refractivity contribution < 1.29 is 4.79 Å². The molecule has 0 saturated carbocycles. The molecule has 2 aromatic carbocycles. The standard InChI is InChI=1S/C23H27N3O/c1-16-9-12-21-20(14-16)19-11-10-18(15-22(19)26-21)25-23(27)24-13-5-8-17-6-3-2-4-7-17/h2-4,6-7,9,12,14,18,26H,5,8,10-11,13,15H2,1H3,(H2,24,25,27). The number of aryl methyl sites for hydroxylation is 3. The minimum atomic E-state index is -0.0523. The Morgan fingerprint density at radius 3 is 2.89 bits per heavy atom. The van der Waals surface area contributed by atoms with E-state index in [1.54, 1.807) is 0 Å². The van der Waals surface area contributed by atoms with Gasteiger partial charge in [0.15, 0.2) is 0 Å². The summed E-state index contributed by atoms with van der Waals surface area (Å²) in [5, 5.41) is 7.48. The van der Waals surface area contributed by atoms with Crippen molar-refractivity contribution in [2.75, 3.05) is 6.54 Å². The van der Waals surface area contributed by atoms with Crippen LogP contribution < -0.4 is 10.6 Å². The van der Waals surface area contributed by atoms with Crippen molar-refractivity contribution in [2.45, 2.75) is 45.1 Å². The lowest BCUT2D eigenvalue weighted by molar-refractivity contribution is 0.235. The zero-order chi connectivity index (χ0) is 18.6. The van der Waals surface area contributed by atoms with E-state index in [0.29, 0.717) is 6.54 Å². The van der Waals surface area contributed by atoms with Crippen LogP contribution in [0.3, 0.4) is 0 Å². The summed E-state index contributed by atoms with van der Waals surface area (Å²) in [5.41, 5.74) is 6.51. The van der Waals surface area contributed by atoms with E-state index in [4.69, 9.17) is 0 Å². The first-order valence-electron chi connectivity index (χ1n) is 9.87. The van der Waals surface area contributed by atoms with Crippen molar-refractivity contribution in [1.29, 1.82) is 0 Å². The first-order chi connectivity index (χ1) is 13.2. The molecule has 0 radical (unpaired) electrons. The van der Waals surface area contributed by atoms with Gasteiger partial charge >= 0.3 is 6.03 Å². The number of carbonyl (C=O) groups is 1. The molecule has 1 heterocycles. The Bertz CT molecular complexity index is 929.